The molecule has 0 aliphatic rings. The molecule has 0 spiro atoms. The van der Waals surface area contributed by atoms with Crippen LogP contribution < -0.4 is 10.1 Å². The monoisotopic (exact) mass is 355 g/mol. The molecule has 0 unspecified atom stereocenters. The maximum Gasteiger partial charge on any atom is 0.347 e. The summed E-state index contributed by atoms with van der Waals surface area (Å²) in [6.45, 7) is 4.41. The number of carbonyl (C=O) groups excluding carboxylic acids is 3. The van der Waals surface area contributed by atoms with Crippen LogP contribution in [0.2, 0.25) is 0 Å². The highest BCUT2D eigenvalue weighted by Crippen LogP contribution is 2.16. The van der Waals surface area contributed by atoms with Crippen molar-refractivity contribution >= 4 is 23.3 Å². The van der Waals surface area contributed by atoms with Crippen molar-refractivity contribution in [2.24, 2.45) is 0 Å². The van der Waals surface area contributed by atoms with E-state index >= 15 is 0 Å². The number of aryl methyl sites for hydroxylation is 1. The van der Waals surface area contributed by atoms with Gasteiger partial charge in [0.15, 0.2) is 18.5 Å². The van der Waals surface area contributed by atoms with Gasteiger partial charge in [0.05, 0.1) is 5.69 Å². The second kappa shape index (κ2) is 8.80. The molecule has 0 heterocycles. The van der Waals surface area contributed by atoms with Gasteiger partial charge in [-0.3, -0.25) is 9.59 Å². The maximum absolute atomic E-state index is 12.0. The minimum atomic E-state index is -0.853. The lowest BCUT2D eigenvalue weighted by Gasteiger charge is -2.14. The maximum atomic E-state index is 12.0. The topological polar surface area (TPSA) is 81.7 Å². The Morgan fingerprint density at radius 3 is 2.50 bits per heavy atom. The number of para-hydroxylation sites is 1. The quantitative estimate of drug-likeness (QED) is 0.609. The summed E-state index contributed by atoms with van der Waals surface area (Å²) < 4.78 is 10.5. The van der Waals surface area contributed by atoms with E-state index in [1.807, 2.05) is 19.1 Å². The molecule has 1 amide bonds. The fourth-order valence-corrected chi connectivity index (χ4v) is 2.28. The van der Waals surface area contributed by atoms with E-state index in [0.29, 0.717) is 17.0 Å². The fourth-order valence-electron chi connectivity index (χ4n) is 2.28. The summed E-state index contributed by atoms with van der Waals surface area (Å²) in [6, 6.07) is 13.9. The lowest BCUT2D eigenvalue weighted by atomic mass is 10.1. The summed E-state index contributed by atoms with van der Waals surface area (Å²) in [5.74, 6) is -0.802. The molecule has 0 saturated heterocycles. The molecule has 6 nitrogen and oxygen atoms in total. The summed E-state index contributed by atoms with van der Waals surface area (Å²) in [5.41, 5.74) is 1.78. The third kappa shape index (κ3) is 5.44. The molecule has 2 rings (SSSR count). The van der Waals surface area contributed by atoms with Crippen LogP contribution in [0.1, 0.15) is 29.8 Å². The van der Waals surface area contributed by atoms with Crippen LogP contribution in [-0.4, -0.2) is 30.4 Å². The van der Waals surface area contributed by atoms with E-state index in [-0.39, 0.29) is 5.78 Å². The van der Waals surface area contributed by atoms with Gasteiger partial charge in [-0.2, -0.15) is 0 Å². The van der Waals surface area contributed by atoms with Crippen LogP contribution in [0, 0.1) is 6.92 Å². The number of hydrogen-bond acceptors (Lipinski definition) is 5. The number of hydrogen-bond donors (Lipinski definition) is 1. The first-order chi connectivity index (χ1) is 12.4. The van der Waals surface area contributed by atoms with E-state index in [1.165, 1.54) is 6.92 Å². The van der Waals surface area contributed by atoms with Gasteiger partial charge in [0, 0.05) is 5.56 Å². The third-order valence-corrected chi connectivity index (χ3v) is 3.56. The average Bonchev–Trinajstić information content (AvgIpc) is 2.60. The summed E-state index contributed by atoms with van der Waals surface area (Å²) in [4.78, 5) is 35.5. The molecule has 136 valence electrons. The Morgan fingerprint density at radius 2 is 1.81 bits per heavy atom. The number of ketones is 1. The van der Waals surface area contributed by atoms with Gasteiger partial charge in [-0.05, 0) is 50.6 Å². The Kier molecular flexibility index (Phi) is 6.49. The van der Waals surface area contributed by atoms with Crippen molar-refractivity contribution < 1.29 is 23.9 Å². The van der Waals surface area contributed by atoms with E-state index in [0.717, 1.165) is 5.56 Å². The molecule has 0 bridgehead atoms. The van der Waals surface area contributed by atoms with E-state index in [9.17, 15) is 14.4 Å². The van der Waals surface area contributed by atoms with E-state index in [4.69, 9.17) is 9.47 Å². The van der Waals surface area contributed by atoms with E-state index in [1.54, 1.807) is 43.3 Å². The third-order valence-electron chi connectivity index (χ3n) is 3.56. The number of benzene rings is 2. The average molecular weight is 355 g/mol. The van der Waals surface area contributed by atoms with Crippen molar-refractivity contribution in [3.8, 4) is 5.75 Å². The number of rotatable bonds is 7. The lowest BCUT2D eigenvalue weighted by Crippen LogP contribution is -2.30. The van der Waals surface area contributed by atoms with E-state index in [2.05, 4.69) is 5.32 Å². The molecule has 0 aliphatic heterocycles. The molecule has 0 aliphatic carbocycles. The fraction of sp³-hybridized carbons (Fsp3) is 0.250. The minimum absolute atomic E-state index is 0.168. The zero-order valence-corrected chi connectivity index (χ0v) is 14.9. The van der Waals surface area contributed by atoms with Gasteiger partial charge in [0.1, 0.15) is 5.75 Å². The zero-order valence-electron chi connectivity index (χ0n) is 14.9. The molecule has 2 aromatic rings. The molecule has 0 radical (unpaired) electrons. The van der Waals surface area contributed by atoms with Crippen LogP contribution >= 0.6 is 0 Å². The van der Waals surface area contributed by atoms with Crippen LogP contribution in [0.4, 0.5) is 5.69 Å². The van der Waals surface area contributed by atoms with Gasteiger partial charge >= 0.3 is 5.97 Å². The van der Waals surface area contributed by atoms with Crippen LogP contribution in [0.3, 0.4) is 0 Å². The van der Waals surface area contributed by atoms with Crippen LogP contribution in [0.5, 0.6) is 5.75 Å². The van der Waals surface area contributed by atoms with Crippen LogP contribution in [-0.2, 0) is 14.3 Å². The van der Waals surface area contributed by atoms with Gasteiger partial charge in [0.2, 0.25) is 0 Å². The first kappa shape index (κ1) is 19.2. The standard InChI is InChI=1S/C20H21NO5/c1-13-7-6-8-16(11-13)26-15(3)20(24)25-12-19(23)21-18-10-5-4-9-17(18)14(2)22/h4-11,15H,12H2,1-3H3,(H,21,23)/t15-/m0/s1. The number of amides is 1. The van der Waals surface area contributed by atoms with Crippen molar-refractivity contribution in [1.29, 1.82) is 0 Å². The second-order valence-corrected chi connectivity index (χ2v) is 5.83. The highest BCUT2D eigenvalue weighted by Gasteiger charge is 2.18. The number of anilines is 1. The van der Waals surface area contributed by atoms with Crippen molar-refractivity contribution in [3.63, 3.8) is 0 Å². The molecule has 0 fully saturated rings. The first-order valence-electron chi connectivity index (χ1n) is 8.16. The number of ether oxygens (including phenoxy) is 2. The smallest absolute Gasteiger partial charge is 0.347 e. The normalized spacial score (nSPS) is 11.3. The van der Waals surface area contributed by atoms with Crippen LogP contribution in [0.25, 0.3) is 0 Å². The molecule has 0 saturated carbocycles. The summed E-state index contributed by atoms with van der Waals surface area (Å²) in [6.07, 6.45) is -0.853. The number of nitrogens with one attached hydrogen (secondary N) is 1. The second-order valence-electron chi connectivity index (χ2n) is 5.83. The van der Waals surface area contributed by atoms with Gasteiger partial charge in [-0.1, -0.05) is 24.3 Å². The molecule has 26 heavy (non-hydrogen) atoms. The SMILES string of the molecule is CC(=O)c1ccccc1NC(=O)COC(=O)[C@H](C)Oc1cccc(C)c1. The van der Waals surface area contributed by atoms with Crippen molar-refractivity contribution in [1.82, 2.24) is 0 Å². The highest BCUT2D eigenvalue weighted by molar-refractivity contribution is 6.04. The molecular formula is C20H21NO5. The summed E-state index contributed by atoms with van der Waals surface area (Å²) in [7, 11) is 0. The summed E-state index contributed by atoms with van der Waals surface area (Å²) in [5, 5.41) is 2.57. The van der Waals surface area contributed by atoms with Gasteiger partial charge in [0.25, 0.3) is 5.91 Å². The molecule has 6 heteroatoms. The predicted molar refractivity (Wildman–Crippen MR) is 97.3 cm³/mol. The molecule has 2 aromatic carbocycles. The number of esters is 1. The number of carbonyl (C=O) groups is 3. The zero-order chi connectivity index (χ0) is 19.1. The molecular weight excluding hydrogens is 334 g/mol. The Balaban J connectivity index is 1.87. The molecule has 1 atom stereocenters. The molecule has 1 N–H and O–H groups in total. The van der Waals surface area contributed by atoms with Crippen molar-refractivity contribution in [3.05, 3.63) is 59.7 Å². The van der Waals surface area contributed by atoms with Crippen LogP contribution in [0.15, 0.2) is 48.5 Å². The largest absolute Gasteiger partial charge is 0.479 e. The predicted octanol–water partition coefficient (Wildman–Crippen LogP) is 3.15. The lowest BCUT2D eigenvalue weighted by molar-refractivity contribution is -0.153. The van der Waals surface area contributed by atoms with Gasteiger partial charge < -0.3 is 14.8 Å². The first-order valence-corrected chi connectivity index (χ1v) is 8.16. The molecule has 0 aromatic heterocycles. The van der Waals surface area contributed by atoms with Crippen molar-refractivity contribution in [2.75, 3.05) is 11.9 Å². The van der Waals surface area contributed by atoms with Crippen molar-refractivity contribution in [2.45, 2.75) is 26.9 Å². The summed E-state index contributed by atoms with van der Waals surface area (Å²) >= 11 is 0. The Labute approximate surface area is 152 Å². The number of Topliss-reactive ketones (excluding diaryl/α,β-unsaturated/α-hetero) is 1. The minimum Gasteiger partial charge on any atom is -0.479 e. The van der Waals surface area contributed by atoms with Gasteiger partial charge in [-0.15, -0.1) is 0 Å². The Hall–Kier alpha value is -3.15. The van der Waals surface area contributed by atoms with Gasteiger partial charge in [-0.25, -0.2) is 4.79 Å². The Bertz CT molecular complexity index is 815. The highest BCUT2D eigenvalue weighted by atomic mass is 16.6. The Morgan fingerprint density at radius 1 is 1.08 bits per heavy atom. The van der Waals surface area contributed by atoms with E-state index < -0.39 is 24.6 Å².